The first-order chi connectivity index (χ1) is 9.19. The number of benzene rings is 1. The van der Waals surface area contributed by atoms with Crippen LogP contribution in [0.2, 0.25) is 0 Å². The van der Waals surface area contributed by atoms with Crippen LogP contribution in [0.1, 0.15) is 37.8 Å². The fraction of sp³-hybridized carbons (Fsp3) is 0.533. The largest absolute Gasteiger partial charge is 0.348 e. The van der Waals surface area contributed by atoms with Crippen LogP contribution in [0.25, 0.3) is 0 Å². The van der Waals surface area contributed by atoms with Crippen molar-refractivity contribution < 1.29 is 4.79 Å². The average molecular weight is 325 g/mol. The lowest BCUT2D eigenvalue weighted by atomic mass is 10.0. The summed E-state index contributed by atoms with van der Waals surface area (Å²) in [5, 5.41) is 6.30. The minimum Gasteiger partial charge on any atom is -0.348 e. The van der Waals surface area contributed by atoms with Crippen molar-refractivity contribution in [3.63, 3.8) is 0 Å². The third kappa shape index (κ3) is 4.96. The van der Waals surface area contributed by atoms with Crippen molar-refractivity contribution in [1.82, 2.24) is 10.6 Å². The zero-order valence-corrected chi connectivity index (χ0v) is 12.9. The lowest BCUT2D eigenvalue weighted by molar-refractivity contribution is -0.121. The molecule has 0 heterocycles. The molecule has 1 aromatic rings. The highest BCUT2D eigenvalue weighted by Crippen LogP contribution is 2.27. The van der Waals surface area contributed by atoms with Crippen LogP contribution in [0, 0.1) is 5.92 Å². The molecule has 3 nitrogen and oxygen atoms in total. The van der Waals surface area contributed by atoms with Crippen molar-refractivity contribution in [3.8, 4) is 0 Å². The molecule has 2 N–H and O–H groups in total. The van der Waals surface area contributed by atoms with Crippen LogP contribution in [0.5, 0.6) is 0 Å². The van der Waals surface area contributed by atoms with Crippen LogP contribution in [0.4, 0.5) is 0 Å². The lowest BCUT2D eigenvalue weighted by Gasteiger charge is -2.17. The van der Waals surface area contributed by atoms with Gasteiger partial charge in [-0.1, -0.05) is 35.0 Å². The first-order valence-electron chi connectivity index (χ1n) is 6.94. The number of hydrogen-bond acceptors (Lipinski definition) is 2. The van der Waals surface area contributed by atoms with E-state index in [1.807, 2.05) is 12.1 Å². The number of rotatable bonds is 7. The van der Waals surface area contributed by atoms with Gasteiger partial charge in [-0.05, 0) is 49.4 Å². The molecule has 4 heteroatoms. The van der Waals surface area contributed by atoms with Gasteiger partial charge in [0.1, 0.15) is 0 Å². The summed E-state index contributed by atoms with van der Waals surface area (Å²) in [6.45, 7) is 3.48. The van der Waals surface area contributed by atoms with E-state index in [-0.39, 0.29) is 11.9 Å². The highest BCUT2D eigenvalue weighted by Gasteiger charge is 2.21. The van der Waals surface area contributed by atoms with E-state index < -0.39 is 0 Å². The van der Waals surface area contributed by atoms with E-state index in [2.05, 4.69) is 45.6 Å². The van der Waals surface area contributed by atoms with Crippen LogP contribution in [-0.4, -0.2) is 19.0 Å². The van der Waals surface area contributed by atoms with E-state index in [9.17, 15) is 4.79 Å². The van der Waals surface area contributed by atoms with E-state index in [4.69, 9.17) is 0 Å². The summed E-state index contributed by atoms with van der Waals surface area (Å²) >= 11 is 3.42. The van der Waals surface area contributed by atoms with Crippen molar-refractivity contribution in [2.45, 2.75) is 32.2 Å². The van der Waals surface area contributed by atoms with Gasteiger partial charge in [-0.15, -0.1) is 0 Å². The summed E-state index contributed by atoms with van der Waals surface area (Å²) in [5.41, 5.74) is 1.15. The van der Waals surface area contributed by atoms with Crippen molar-refractivity contribution >= 4 is 21.8 Å². The first-order valence-corrected chi connectivity index (χ1v) is 7.74. The molecule has 1 amide bonds. The SMILES string of the molecule is CCC(NC(=O)CNCC1CC1)c1ccc(Br)cc1. The Morgan fingerprint density at radius 3 is 2.63 bits per heavy atom. The van der Waals surface area contributed by atoms with Gasteiger partial charge in [0.25, 0.3) is 0 Å². The molecule has 1 aliphatic rings. The molecule has 104 valence electrons. The van der Waals surface area contributed by atoms with E-state index in [0.29, 0.717) is 6.54 Å². The molecule has 2 rings (SSSR count). The van der Waals surface area contributed by atoms with Gasteiger partial charge < -0.3 is 10.6 Å². The van der Waals surface area contributed by atoms with Crippen molar-refractivity contribution in [1.29, 1.82) is 0 Å². The van der Waals surface area contributed by atoms with Gasteiger partial charge in [0, 0.05) is 4.47 Å². The molecule has 1 aromatic carbocycles. The average Bonchev–Trinajstić information content (AvgIpc) is 3.21. The molecule has 0 aliphatic heterocycles. The summed E-state index contributed by atoms with van der Waals surface area (Å²) < 4.78 is 1.06. The molecule has 0 bridgehead atoms. The normalized spacial score (nSPS) is 16.1. The number of carbonyl (C=O) groups is 1. The summed E-state index contributed by atoms with van der Waals surface area (Å²) in [5.74, 6) is 0.886. The molecular weight excluding hydrogens is 304 g/mol. The molecule has 1 fully saturated rings. The maximum absolute atomic E-state index is 11.9. The number of halogens is 1. The Bertz CT molecular complexity index is 415. The molecule has 1 atom stereocenters. The fourth-order valence-corrected chi connectivity index (χ4v) is 2.34. The highest BCUT2D eigenvalue weighted by atomic mass is 79.9. The maximum atomic E-state index is 11.9. The van der Waals surface area contributed by atoms with Gasteiger partial charge in [-0.2, -0.15) is 0 Å². The minimum atomic E-state index is 0.0791. The molecule has 1 saturated carbocycles. The maximum Gasteiger partial charge on any atom is 0.234 e. The second-order valence-corrected chi connectivity index (χ2v) is 6.07. The number of hydrogen-bond donors (Lipinski definition) is 2. The summed E-state index contributed by atoms with van der Waals surface area (Å²) in [4.78, 5) is 11.9. The lowest BCUT2D eigenvalue weighted by Crippen LogP contribution is -2.36. The van der Waals surface area contributed by atoms with Gasteiger partial charge in [-0.25, -0.2) is 0 Å². The Kier molecular flexibility index (Phi) is 5.40. The molecule has 0 aromatic heterocycles. The predicted molar refractivity (Wildman–Crippen MR) is 80.9 cm³/mol. The predicted octanol–water partition coefficient (Wildman–Crippen LogP) is 3.02. The third-order valence-corrected chi connectivity index (χ3v) is 3.96. The molecule has 19 heavy (non-hydrogen) atoms. The zero-order chi connectivity index (χ0) is 13.7. The summed E-state index contributed by atoms with van der Waals surface area (Å²) in [7, 11) is 0. The Labute approximate surface area is 123 Å². The van der Waals surface area contributed by atoms with Crippen LogP contribution in [0.15, 0.2) is 28.7 Å². The molecule has 0 saturated heterocycles. The van der Waals surface area contributed by atoms with E-state index in [1.54, 1.807) is 0 Å². The van der Waals surface area contributed by atoms with Gasteiger partial charge in [0.15, 0.2) is 0 Å². The number of amides is 1. The van der Waals surface area contributed by atoms with Crippen LogP contribution in [0.3, 0.4) is 0 Å². The Morgan fingerprint density at radius 1 is 1.37 bits per heavy atom. The zero-order valence-electron chi connectivity index (χ0n) is 11.3. The van der Waals surface area contributed by atoms with Crippen LogP contribution in [-0.2, 0) is 4.79 Å². The smallest absolute Gasteiger partial charge is 0.234 e. The minimum absolute atomic E-state index is 0.0791. The van der Waals surface area contributed by atoms with Gasteiger partial charge in [0.05, 0.1) is 12.6 Å². The Hall–Kier alpha value is -0.870. The van der Waals surface area contributed by atoms with E-state index in [0.717, 1.165) is 28.9 Å². The first kappa shape index (κ1) is 14.5. The number of carbonyl (C=O) groups excluding carboxylic acids is 1. The van der Waals surface area contributed by atoms with Gasteiger partial charge in [0.2, 0.25) is 5.91 Å². The van der Waals surface area contributed by atoms with E-state index in [1.165, 1.54) is 12.8 Å². The van der Waals surface area contributed by atoms with Crippen LogP contribution >= 0.6 is 15.9 Å². The van der Waals surface area contributed by atoms with Crippen molar-refractivity contribution in [2.24, 2.45) is 5.92 Å². The molecule has 0 spiro atoms. The number of nitrogens with one attached hydrogen (secondary N) is 2. The second kappa shape index (κ2) is 7.06. The van der Waals surface area contributed by atoms with E-state index >= 15 is 0 Å². The van der Waals surface area contributed by atoms with Gasteiger partial charge >= 0.3 is 0 Å². The molecular formula is C15H21BrN2O. The van der Waals surface area contributed by atoms with Gasteiger partial charge in [-0.3, -0.25) is 4.79 Å². The Morgan fingerprint density at radius 2 is 2.05 bits per heavy atom. The summed E-state index contributed by atoms with van der Waals surface area (Å²) in [6, 6.07) is 8.22. The molecule has 1 unspecified atom stereocenters. The monoisotopic (exact) mass is 324 g/mol. The molecule has 1 aliphatic carbocycles. The second-order valence-electron chi connectivity index (χ2n) is 5.15. The topological polar surface area (TPSA) is 41.1 Å². The quantitative estimate of drug-likeness (QED) is 0.809. The third-order valence-electron chi connectivity index (χ3n) is 3.43. The molecule has 0 radical (unpaired) electrons. The van der Waals surface area contributed by atoms with Crippen LogP contribution < -0.4 is 10.6 Å². The Balaban J connectivity index is 1.79. The fourth-order valence-electron chi connectivity index (χ4n) is 2.07. The van der Waals surface area contributed by atoms with Crippen molar-refractivity contribution in [2.75, 3.05) is 13.1 Å². The summed E-state index contributed by atoms with van der Waals surface area (Å²) in [6.07, 6.45) is 3.52. The standard InChI is InChI=1S/C15H21BrN2O/c1-2-14(12-5-7-13(16)8-6-12)18-15(19)10-17-9-11-3-4-11/h5-8,11,14,17H,2-4,9-10H2,1H3,(H,18,19). The highest BCUT2D eigenvalue weighted by molar-refractivity contribution is 9.10. The van der Waals surface area contributed by atoms with Crippen molar-refractivity contribution in [3.05, 3.63) is 34.3 Å².